The number of hydrogen-bond acceptors (Lipinski definition) is 2. The van der Waals surface area contributed by atoms with Crippen molar-refractivity contribution < 1.29 is 4.42 Å². The average Bonchev–Trinajstić information content (AvgIpc) is 3.11. The zero-order valence-electron chi connectivity index (χ0n) is 15.7. The molecule has 0 saturated heterocycles. The third-order valence-corrected chi connectivity index (χ3v) is 5.65. The van der Waals surface area contributed by atoms with E-state index < -0.39 is 0 Å². The number of aryl methyl sites for hydroxylation is 1. The molecule has 3 nitrogen and oxygen atoms in total. The molecule has 1 heterocycles. The maximum absolute atomic E-state index is 5.82. The third kappa shape index (κ3) is 5.60. The second kappa shape index (κ2) is 9.77. The van der Waals surface area contributed by atoms with Gasteiger partial charge < -0.3 is 14.6 Å². The molecule has 0 bridgehead atoms. The topological polar surface area (TPSA) is 28.4 Å². The molecule has 1 aliphatic carbocycles. The van der Waals surface area contributed by atoms with Crippen molar-refractivity contribution in [3.8, 4) is 0 Å². The van der Waals surface area contributed by atoms with Crippen LogP contribution >= 0.6 is 12.2 Å². The van der Waals surface area contributed by atoms with Crippen molar-refractivity contribution >= 4 is 17.3 Å². The Morgan fingerprint density at radius 2 is 1.77 bits per heavy atom. The number of hydrogen-bond donors (Lipinski definition) is 1. The summed E-state index contributed by atoms with van der Waals surface area (Å²) in [5.41, 5.74) is 2.60. The van der Waals surface area contributed by atoms with E-state index in [9.17, 15) is 0 Å². The molecule has 0 spiro atoms. The van der Waals surface area contributed by atoms with Crippen LogP contribution in [0.25, 0.3) is 0 Å². The van der Waals surface area contributed by atoms with E-state index in [1.807, 2.05) is 12.1 Å². The SMILES string of the molecule is Cc1ccccc1CN(Cc1ccco1)C(=S)NC1CCCCCCC1. The van der Waals surface area contributed by atoms with Crippen molar-refractivity contribution in [2.24, 2.45) is 0 Å². The summed E-state index contributed by atoms with van der Waals surface area (Å²) in [6.07, 6.45) is 10.9. The Morgan fingerprint density at radius 1 is 1.04 bits per heavy atom. The summed E-state index contributed by atoms with van der Waals surface area (Å²) in [7, 11) is 0. The van der Waals surface area contributed by atoms with Crippen LogP contribution in [-0.2, 0) is 13.1 Å². The lowest BCUT2D eigenvalue weighted by molar-refractivity contribution is 0.338. The van der Waals surface area contributed by atoms with E-state index in [1.54, 1.807) is 6.26 Å². The van der Waals surface area contributed by atoms with Crippen LogP contribution in [0.1, 0.15) is 61.8 Å². The summed E-state index contributed by atoms with van der Waals surface area (Å²) in [5, 5.41) is 4.50. The number of thiocarbonyl (C=S) groups is 1. The van der Waals surface area contributed by atoms with Crippen LogP contribution in [-0.4, -0.2) is 16.1 Å². The normalized spacial score (nSPS) is 15.9. The molecule has 1 fully saturated rings. The first-order valence-corrected chi connectivity index (χ1v) is 10.3. The third-order valence-electron chi connectivity index (χ3n) is 5.27. The van der Waals surface area contributed by atoms with E-state index in [0.717, 1.165) is 17.4 Å². The minimum absolute atomic E-state index is 0.499. The molecule has 1 aromatic heterocycles. The molecular formula is C22H30N2OS. The molecule has 1 aliphatic rings. The lowest BCUT2D eigenvalue weighted by Crippen LogP contribution is -2.44. The largest absolute Gasteiger partial charge is 0.467 e. The van der Waals surface area contributed by atoms with Gasteiger partial charge in [-0.3, -0.25) is 0 Å². The van der Waals surface area contributed by atoms with Crippen LogP contribution < -0.4 is 5.32 Å². The first-order valence-electron chi connectivity index (χ1n) is 9.84. The zero-order chi connectivity index (χ0) is 18.2. The lowest BCUT2D eigenvalue weighted by Gasteiger charge is -2.30. The van der Waals surface area contributed by atoms with Crippen LogP contribution in [0.3, 0.4) is 0 Å². The lowest BCUT2D eigenvalue weighted by atomic mass is 9.97. The molecule has 3 rings (SSSR count). The van der Waals surface area contributed by atoms with E-state index in [0.29, 0.717) is 12.6 Å². The molecule has 1 N–H and O–H groups in total. The molecule has 0 aliphatic heterocycles. The van der Waals surface area contributed by atoms with Crippen molar-refractivity contribution in [2.45, 2.75) is 71.0 Å². The summed E-state index contributed by atoms with van der Waals surface area (Å²) in [6.45, 7) is 3.65. The second-order valence-corrected chi connectivity index (χ2v) is 7.74. The van der Waals surface area contributed by atoms with Gasteiger partial charge in [0.1, 0.15) is 5.76 Å². The fourth-order valence-corrected chi connectivity index (χ4v) is 3.95. The Balaban J connectivity index is 1.69. The summed E-state index contributed by atoms with van der Waals surface area (Å²) in [4.78, 5) is 2.23. The molecule has 1 saturated carbocycles. The molecular weight excluding hydrogens is 340 g/mol. The van der Waals surface area contributed by atoms with Gasteiger partial charge in [-0.1, -0.05) is 56.4 Å². The molecule has 2 aromatic rings. The monoisotopic (exact) mass is 370 g/mol. The highest BCUT2D eigenvalue weighted by Gasteiger charge is 2.18. The molecule has 0 atom stereocenters. The molecule has 26 heavy (non-hydrogen) atoms. The zero-order valence-corrected chi connectivity index (χ0v) is 16.6. The van der Waals surface area contributed by atoms with Gasteiger partial charge in [0, 0.05) is 12.6 Å². The number of furan rings is 1. The highest BCUT2D eigenvalue weighted by atomic mass is 32.1. The van der Waals surface area contributed by atoms with E-state index in [-0.39, 0.29) is 0 Å². The van der Waals surface area contributed by atoms with E-state index in [2.05, 4.69) is 41.4 Å². The van der Waals surface area contributed by atoms with Crippen LogP contribution in [0.15, 0.2) is 47.1 Å². The van der Waals surface area contributed by atoms with E-state index in [4.69, 9.17) is 16.6 Å². The Hall–Kier alpha value is -1.81. The predicted octanol–water partition coefficient (Wildman–Crippen LogP) is 5.58. The standard InChI is InChI=1S/C22H30N2OS/c1-18-10-7-8-11-19(18)16-24(17-21-14-9-15-25-21)22(26)23-20-12-5-3-2-4-6-13-20/h7-11,14-15,20H,2-6,12-13,16-17H2,1H3,(H,23,26). The van der Waals surface area contributed by atoms with Crippen LogP contribution in [0, 0.1) is 6.92 Å². The molecule has 4 heteroatoms. The maximum Gasteiger partial charge on any atom is 0.169 e. The number of nitrogens with zero attached hydrogens (tertiary/aromatic N) is 1. The Morgan fingerprint density at radius 3 is 2.46 bits per heavy atom. The summed E-state index contributed by atoms with van der Waals surface area (Å²) in [6, 6.07) is 13.0. The van der Waals surface area contributed by atoms with Crippen molar-refractivity contribution in [3.63, 3.8) is 0 Å². The molecule has 140 valence electrons. The fourth-order valence-electron chi connectivity index (χ4n) is 3.65. The summed E-state index contributed by atoms with van der Waals surface area (Å²) >= 11 is 5.82. The Labute approximate surface area is 162 Å². The van der Waals surface area contributed by atoms with Gasteiger partial charge in [0.25, 0.3) is 0 Å². The average molecular weight is 371 g/mol. The first-order chi connectivity index (χ1) is 12.7. The fraction of sp³-hybridized carbons (Fsp3) is 0.500. The Kier molecular flexibility index (Phi) is 7.13. The summed E-state index contributed by atoms with van der Waals surface area (Å²) < 4.78 is 5.58. The summed E-state index contributed by atoms with van der Waals surface area (Å²) in [5.74, 6) is 0.945. The van der Waals surface area contributed by atoms with Gasteiger partial charge in [-0.15, -0.1) is 0 Å². The van der Waals surface area contributed by atoms with Crippen LogP contribution in [0.2, 0.25) is 0 Å². The molecule has 0 amide bonds. The Bertz CT molecular complexity index is 675. The van der Waals surface area contributed by atoms with Gasteiger partial charge in [0.15, 0.2) is 5.11 Å². The van der Waals surface area contributed by atoms with Gasteiger partial charge in [0.2, 0.25) is 0 Å². The minimum Gasteiger partial charge on any atom is -0.467 e. The highest BCUT2D eigenvalue weighted by Crippen LogP contribution is 2.19. The van der Waals surface area contributed by atoms with Gasteiger partial charge in [-0.2, -0.15) is 0 Å². The smallest absolute Gasteiger partial charge is 0.169 e. The second-order valence-electron chi connectivity index (χ2n) is 7.35. The van der Waals surface area contributed by atoms with E-state index in [1.165, 1.54) is 56.1 Å². The van der Waals surface area contributed by atoms with Crippen LogP contribution in [0.5, 0.6) is 0 Å². The molecule has 1 aromatic carbocycles. The van der Waals surface area contributed by atoms with Crippen LogP contribution in [0.4, 0.5) is 0 Å². The van der Waals surface area contributed by atoms with Gasteiger partial charge in [-0.25, -0.2) is 0 Å². The quantitative estimate of drug-likeness (QED) is 0.696. The minimum atomic E-state index is 0.499. The number of nitrogens with one attached hydrogen (secondary N) is 1. The van der Waals surface area contributed by atoms with Crippen molar-refractivity contribution in [2.75, 3.05) is 0 Å². The maximum atomic E-state index is 5.82. The van der Waals surface area contributed by atoms with Gasteiger partial charge in [0.05, 0.1) is 12.8 Å². The highest BCUT2D eigenvalue weighted by molar-refractivity contribution is 7.80. The van der Waals surface area contributed by atoms with Crippen molar-refractivity contribution in [1.29, 1.82) is 0 Å². The van der Waals surface area contributed by atoms with Gasteiger partial charge in [-0.05, 0) is 55.2 Å². The molecule has 0 unspecified atom stereocenters. The molecule has 0 radical (unpaired) electrons. The van der Waals surface area contributed by atoms with Crippen molar-refractivity contribution in [1.82, 2.24) is 10.2 Å². The number of rotatable bonds is 5. The first kappa shape index (κ1) is 19.0. The predicted molar refractivity (Wildman–Crippen MR) is 111 cm³/mol. The van der Waals surface area contributed by atoms with Gasteiger partial charge >= 0.3 is 0 Å². The van der Waals surface area contributed by atoms with E-state index >= 15 is 0 Å². The van der Waals surface area contributed by atoms with Crippen molar-refractivity contribution in [3.05, 3.63) is 59.5 Å². The number of benzene rings is 1.